The first-order chi connectivity index (χ1) is 18.1. The Labute approximate surface area is 229 Å². The summed E-state index contributed by atoms with van der Waals surface area (Å²) in [6, 6.07) is 4.73. The van der Waals surface area contributed by atoms with E-state index in [4.69, 9.17) is 4.74 Å². The Balaban J connectivity index is 1.86. The van der Waals surface area contributed by atoms with Crippen LogP contribution >= 0.6 is 15.9 Å². The number of β-amino-alcohol motifs (C(OH)–C–C–N with tert-alkyl or cyclic N) is 1. The molecule has 2 N–H and O–H groups in total. The van der Waals surface area contributed by atoms with Gasteiger partial charge in [-0.1, -0.05) is 13.8 Å². The smallest absolute Gasteiger partial charge is 0.331 e. The molecule has 208 valence electrons. The molecule has 0 aliphatic carbocycles. The molecule has 38 heavy (non-hydrogen) atoms. The summed E-state index contributed by atoms with van der Waals surface area (Å²) in [7, 11) is -2.37. The van der Waals surface area contributed by atoms with Crippen molar-refractivity contribution < 1.29 is 18.3 Å². The molecular weight excluding hydrogens is 578 g/mol. The van der Waals surface area contributed by atoms with Crippen LogP contribution in [0.1, 0.15) is 26.7 Å². The number of H-pyrrole nitrogens is 1. The summed E-state index contributed by atoms with van der Waals surface area (Å²) in [5, 5.41) is 9.19. The lowest BCUT2D eigenvalue weighted by molar-refractivity contribution is 0.151. The minimum atomic E-state index is -3.81. The number of nitrogens with one attached hydrogen (secondary N) is 1. The number of aliphatic hydroxyl groups is 1. The third-order valence-corrected chi connectivity index (χ3v) is 9.40. The second-order valence-electron chi connectivity index (χ2n) is 9.31. The summed E-state index contributed by atoms with van der Waals surface area (Å²) in [6.45, 7) is 7.01. The van der Waals surface area contributed by atoms with Gasteiger partial charge in [-0.25, -0.2) is 13.2 Å². The third-order valence-electron chi connectivity index (χ3n) is 6.73. The van der Waals surface area contributed by atoms with Crippen molar-refractivity contribution in [1.29, 1.82) is 0 Å². The van der Waals surface area contributed by atoms with Gasteiger partial charge < -0.3 is 14.8 Å². The maximum atomic E-state index is 13.6. The van der Waals surface area contributed by atoms with Gasteiger partial charge in [-0.3, -0.25) is 18.8 Å². The molecule has 0 radical (unpaired) electrons. The van der Waals surface area contributed by atoms with Crippen molar-refractivity contribution in [3.05, 3.63) is 43.5 Å². The van der Waals surface area contributed by atoms with Crippen LogP contribution in [0.5, 0.6) is 5.75 Å². The lowest BCUT2D eigenvalue weighted by Gasteiger charge is -2.33. The van der Waals surface area contributed by atoms with E-state index in [2.05, 4.69) is 20.9 Å². The van der Waals surface area contributed by atoms with Gasteiger partial charge in [0, 0.05) is 51.9 Å². The van der Waals surface area contributed by atoms with E-state index in [0.29, 0.717) is 79.3 Å². The number of aliphatic hydroxyl groups excluding tert-OH is 1. The van der Waals surface area contributed by atoms with Crippen molar-refractivity contribution in [2.45, 2.75) is 38.1 Å². The summed E-state index contributed by atoms with van der Waals surface area (Å²) in [4.78, 5) is 31.2. The lowest BCUT2D eigenvalue weighted by Crippen LogP contribution is -2.49. The van der Waals surface area contributed by atoms with E-state index in [1.165, 1.54) is 17.4 Å². The van der Waals surface area contributed by atoms with Crippen molar-refractivity contribution in [3.8, 4) is 17.0 Å². The molecule has 13 heteroatoms. The molecule has 3 aromatic rings. The summed E-state index contributed by atoms with van der Waals surface area (Å²) in [5.41, 5.74) is 0.726. The quantitative estimate of drug-likeness (QED) is 0.358. The van der Waals surface area contributed by atoms with Gasteiger partial charge in [0.15, 0.2) is 0 Å². The number of piperazine rings is 1. The van der Waals surface area contributed by atoms with Crippen LogP contribution in [0.3, 0.4) is 0 Å². The molecule has 1 aliphatic rings. The maximum absolute atomic E-state index is 13.6. The normalized spacial score (nSPS) is 15.4. The van der Waals surface area contributed by atoms with Crippen molar-refractivity contribution in [3.63, 3.8) is 0 Å². The Morgan fingerprint density at radius 2 is 1.79 bits per heavy atom. The van der Waals surface area contributed by atoms with Crippen LogP contribution in [0.25, 0.3) is 22.3 Å². The fourth-order valence-electron chi connectivity index (χ4n) is 4.71. The first kappa shape index (κ1) is 28.6. The predicted molar refractivity (Wildman–Crippen MR) is 149 cm³/mol. The molecule has 4 rings (SSSR count). The van der Waals surface area contributed by atoms with E-state index in [1.807, 2.05) is 18.7 Å². The predicted octanol–water partition coefficient (Wildman–Crippen LogP) is 1.96. The van der Waals surface area contributed by atoms with Crippen LogP contribution in [0.4, 0.5) is 0 Å². The van der Waals surface area contributed by atoms with Crippen LogP contribution in [0.2, 0.25) is 0 Å². The number of benzene rings is 1. The standard InChI is InChI=1S/C25H34BrN5O6S/c1-4-8-31-23-20(26)21(27-22(23)24(33)28(3)25(31)34)18-16-17(6-7-19(18)37-15-5-2)38(35,36)30-11-9-29(10-12-30)13-14-32/h6-7,16,27,32H,4-5,8-15H2,1-3H3. The van der Waals surface area contributed by atoms with Crippen molar-refractivity contribution >= 4 is 37.0 Å². The Kier molecular flexibility index (Phi) is 8.82. The van der Waals surface area contributed by atoms with Crippen molar-refractivity contribution in [1.82, 2.24) is 23.3 Å². The van der Waals surface area contributed by atoms with E-state index in [-0.39, 0.29) is 17.0 Å². The molecule has 1 saturated heterocycles. The molecule has 1 fully saturated rings. The number of aryl methyl sites for hydroxylation is 1. The molecule has 11 nitrogen and oxygen atoms in total. The molecular formula is C25H34BrN5O6S. The zero-order valence-corrected chi connectivity index (χ0v) is 24.3. The van der Waals surface area contributed by atoms with Gasteiger partial charge in [0.1, 0.15) is 11.3 Å². The molecule has 0 saturated carbocycles. The molecule has 1 aliphatic heterocycles. The number of aromatic amines is 1. The monoisotopic (exact) mass is 611 g/mol. The van der Waals surface area contributed by atoms with Gasteiger partial charge in [0.25, 0.3) is 5.56 Å². The Hall–Kier alpha value is -2.45. The Morgan fingerprint density at radius 3 is 2.42 bits per heavy atom. The van der Waals surface area contributed by atoms with Gasteiger partial charge in [0.2, 0.25) is 10.0 Å². The molecule has 1 aromatic carbocycles. The summed E-state index contributed by atoms with van der Waals surface area (Å²) in [5.74, 6) is 0.465. The largest absolute Gasteiger partial charge is 0.493 e. The highest BCUT2D eigenvalue weighted by molar-refractivity contribution is 9.10. The van der Waals surface area contributed by atoms with E-state index < -0.39 is 21.3 Å². The van der Waals surface area contributed by atoms with E-state index in [9.17, 15) is 23.1 Å². The molecule has 0 spiro atoms. The summed E-state index contributed by atoms with van der Waals surface area (Å²) in [6.07, 6.45) is 1.44. The summed E-state index contributed by atoms with van der Waals surface area (Å²) < 4.78 is 37.7. The topological polar surface area (TPSA) is 130 Å². The first-order valence-electron chi connectivity index (χ1n) is 12.8. The number of aromatic nitrogens is 3. The van der Waals surface area contributed by atoms with E-state index >= 15 is 0 Å². The average molecular weight is 613 g/mol. The lowest BCUT2D eigenvalue weighted by atomic mass is 10.1. The number of sulfonamides is 1. The van der Waals surface area contributed by atoms with Gasteiger partial charge in [0.05, 0.1) is 33.8 Å². The summed E-state index contributed by atoms with van der Waals surface area (Å²) >= 11 is 3.60. The van der Waals surface area contributed by atoms with Crippen molar-refractivity contribution in [2.24, 2.45) is 7.05 Å². The minimum absolute atomic E-state index is 0.0317. The van der Waals surface area contributed by atoms with Crippen molar-refractivity contribution in [2.75, 3.05) is 45.9 Å². The number of ether oxygens (including phenoxy) is 1. The number of hydrogen-bond donors (Lipinski definition) is 2. The number of rotatable bonds is 10. The molecule has 2 aromatic heterocycles. The van der Waals surface area contributed by atoms with Gasteiger partial charge in [-0.2, -0.15) is 4.31 Å². The number of fused-ring (bicyclic) bond motifs is 1. The zero-order valence-electron chi connectivity index (χ0n) is 21.9. The highest BCUT2D eigenvalue weighted by atomic mass is 79.9. The minimum Gasteiger partial charge on any atom is -0.493 e. The fourth-order valence-corrected chi connectivity index (χ4v) is 6.88. The van der Waals surface area contributed by atoms with Gasteiger partial charge in [-0.15, -0.1) is 0 Å². The zero-order chi connectivity index (χ0) is 27.6. The number of hydrogen-bond acceptors (Lipinski definition) is 7. The second kappa shape index (κ2) is 11.7. The van der Waals surface area contributed by atoms with Gasteiger partial charge in [-0.05, 0) is 47.0 Å². The molecule has 3 heterocycles. The number of halogens is 1. The average Bonchev–Trinajstić information content (AvgIpc) is 3.25. The molecule has 0 unspecified atom stereocenters. The fraction of sp³-hybridized carbons (Fsp3) is 0.520. The highest BCUT2D eigenvalue weighted by Gasteiger charge is 2.30. The Bertz CT molecular complexity index is 1540. The third kappa shape index (κ3) is 5.22. The van der Waals surface area contributed by atoms with Crippen LogP contribution in [0, 0.1) is 0 Å². The van der Waals surface area contributed by atoms with Crippen LogP contribution in [0.15, 0.2) is 37.2 Å². The van der Waals surface area contributed by atoms with E-state index in [0.717, 1.165) is 11.0 Å². The van der Waals surface area contributed by atoms with Crippen LogP contribution < -0.4 is 16.0 Å². The second-order valence-corrected chi connectivity index (χ2v) is 12.0. The molecule has 0 atom stereocenters. The molecule has 0 amide bonds. The number of nitrogens with zero attached hydrogens (tertiary/aromatic N) is 4. The van der Waals surface area contributed by atoms with Gasteiger partial charge >= 0.3 is 5.69 Å². The SMILES string of the molecule is CCCOc1ccc(S(=O)(=O)N2CCN(CCO)CC2)cc1-c1[nH]c2c(=O)n(C)c(=O)n(CCC)c2c1Br. The van der Waals surface area contributed by atoms with Crippen LogP contribution in [-0.2, 0) is 23.6 Å². The molecule has 0 bridgehead atoms. The highest BCUT2D eigenvalue weighted by Crippen LogP contribution is 2.39. The Morgan fingerprint density at radius 1 is 1.08 bits per heavy atom. The first-order valence-corrected chi connectivity index (χ1v) is 15.0. The van der Waals surface area contributed by atoms with Crippen LogP contribution in [-0.4, -0.2) is 82.8 Å². The van der Waals surface area contributed by atoms with E-state index in [1.54, 1.807) is 16.7 Å². The maximum Gasteiger partial charge on any atom is 0.331 e.